The van der Waals surface area contributed by atoms with Gasteiger partial charge in [0.25, 0.3) is 5.56 Å². The van der Waals surface area contributed by atoms with E-state index in [1.54, 1.807) is 17.1 Å². The summed E-state index contributed by atoms with van der Waals surface area (Å²) in [6.07, 6.45) is 6.99. The Morgan fingerprint density at radius 2 is 1.81 bits per heavy atom. The molecule has 0 aliphatic heterocycles. The molecular formula is C25H25N3O3. The van der Waals surface area contributed by atoms with Gasteiger partial charge in [-0.3, -0.25) is 14.3 Å². The molecule has 158 valence electrons. The van der Waals surface area contributed by atoms with Crippen molar-refractivity contribution in [2.24, 2.45) is 0 Å². The van der Waals surface area contributed by atoms with E-state index in [4.69, 9.17) is 0 Å². The molecule has 1 fully saturated rings. The molecule has 0 amide bonds. The lowest BCUT2D eigenvalue weighted by Crippen LogP contribution is -2.34. The lowest BCUT2D eigenvalue weighted by molar-refractivity contribution is 0.0735. The zero-order valence-electron chi connectivity index (χ0n) is 17.2. The van der Waals surface area contributed by atoms with E-state index in [-0.39, 0.29) is 18.2 Å². The van der Waals surface area contributed by atoms with E-state index >= 15 is 0 Å². The minimum absolute atomic E-state index is 0.0859. The van der Waals surface area contributed by atoms with Gasteiger partial charge in [0.2, 0.25) is 0 Å². The van der Waals surface area contributed by atoms with Crippen molar-refractivity contribution < 1.29 is 10.2 Å². The Hall–Kier alpha value is -3.09. The van der Waals surface area contributed by atoms with Gasteiger partial charge in [0.05, 0.1) is 41.7 Å². The smallest absolute Gasteiger partial charge is 0.261 e. The summed E-state index contributed by atoms with van der Waals surface area (Å²) in [7, 11) is 0. The first-order valence-electron chi connectivity index (χ1n) is 10.8. The highest BCUT2D eigenvalue weighted by molar-refractivity contribution is 6.06. The second kappa shape index (κ2) is 8.21. The van der Waals surface area contributed by atoms with Crippen molar-refractivity contribution in [2.45, 2.75) is 50.9 Å². The van der Waals surface area contributed by atoms with Crippen LogP contribution in [0.5, 0.6) is 0 Å². The highest BCUT2D eigenvalue weighted by Gasteiger charge is 2.26. The molecule has 2 aromatic carbocycles. The maximum Gasteiger partial charge on any atom is 0.261 e. The van der Waals surface area contributed by atoms with E-state index in [2.05, 4.69) is 16.0 Å². The van der Waals surface area contributed by atoms with Crippen LogP contribution in [-0.4, -0.2) is 30.9 Å². The number of nitrogens with zero attached hydrogens (tertiary/aromatic N) is 3. The first-order valence-corrected chi connectivity index (χ1v) is 10.8. The van der Waals surface area contributed by atoms with Crippen LogP contribution < -0.4 is 5.56 Å². The van der Waals surface area contributed by atoms with Crippen LogP contribution in [0.2, 0.25) is 0 Å². The summed E-state index contributed by atoms with van der Waals surface area (Å²) in [5.41, 5.74) is 3.26. The molecule has 2 atom stereocenters. The van der Waals surface area contributed by atoms with Crippen LogP contribution in [0.3, 0.4) is 0 Å². The van der Waals surface area contributed by atoms with Gasteiger partial charge >= 0.3 is 0 Å². The molecule has 2 aromatic heterocycles. The van der Waals surface area contributed by atoms with E-state index in [1.165, 1.54) is 0 Å². The largest absolute Gasteiger partial charge is 0.391 e. The van der Waals surface area contributed by atoms with Gasteiger partial charge in [-0.05, 0) is 47.9 Å². The van der Waals surface area contributed by atoms with Gasteiger partial charge < -0.3 is 10.2 Å². The third kappa shape index (κ3) is 3.62. The van der Waals surface area contributed by atoms with E-state index in [0.717, 1.165) is 47.6 Å². The summed E-state index contributed by atoms with van der Waals surface area (Å²) >= 11 is 0. The molecule has 2 heterocycles. The van der Waals surface area contributed by atoms with Crippen molar-refractivity contribution in [3.63, 3.8) is 0 Å². The lowest BCUT2D eigenvalue weighted by atomic mass is 9.92. The van der Waals surface area contributed by atoms with Crippen LogP contribution >= 0.6 is 0 Å². The van der Waals surface area contributed by atoms with Crippen molar-refractivity contribution in [3.05, 3.63) is 82.2 Å². The Labute approximate surface area is 179 Å². The second-order valence-corrected chi connectivity index (χ2v) is 8.35. The molecule has 1 saturated carbocycles. The van der Waals surface area contributed by atoms with Gasteiger partial charge in [-0.1, -0.05) is 43.2 Å². The van der Waals surface area contributed by atoms with Crippen LogP contribution in [-0.2, 0) is 13.0 Å². The molecular weight excluding hydrogens is 390 g/mol. The third-order valence-electron chi connectivity index (χ3n) is 6.37. The van der Waals surface area contributed by atoms with Crippen LogP contribution in [0, 0.1) is 0 Å². The fourth-order valence-corrected chi connectivity index (χ4v) is 4.72. The summed E-state index contributed by atoms with van der Waals surface area (Å²) in [4.78, 5) is 22.4. The van der Waals surface area contributed by atoms with Crippen LogP contribution in [0.4, 0.5) is 0 Å². The van der Waals surface area contributed by atoms with Gasteiger partial charge in [0, 0.05) is 11.6 Å². The minimum Gasteiger partial charge on any atom is -0.391 e. The molecule has 2 unspecified atom stereocenters. The molecule has 1 aliphatic carbocycles. The number of aliphatic hydroxyl groups excluding tert-OH is 2. The summed E-state index contributed by atoms with van der Waals surface area (Å²) in [5, 5.41) is 22.3. The first-order chi connectivity index (χ1) is 15.2. The molecule has 0 saturated heterocycles. The lowest BCUT2D eigenvalue weighted by Gasteiger charge is -2.29. The maximum absolute atomic E-state index is 13.5. The van der Waals surface area contributed by atoms with E-state index < -0.39 is 6.10 Å². The van der Waals surface area contributed by atoms with Crippen molar-refractivity contribution in [3.8, 4) is 0 Å². The quantitative estimate of drug-likeness (QED) is 0.498. The zero-order valence-corrected chi connectivity index (χ0v) is 17.2. The average molecular weight is 415 g/mol. The predicted molar refractivity (Wildman–Crippen MR) is 120 cm³/mol. The molecule has 31 heavy (non-hydrogen) atoms. The highest BCUT2D eigenvalue weighted by Crippen LogP contribution is 2.30. The average Bonchev–Trinajstić information content (AvgIpc) is 2.81. The van der Waals surface area contributed by atoms with Crippen molar-refractivity contribution >= 4 is 21.7 Å². The Morgan fingerprint density at radius 1 is 1.00 bits per heavy atom. The molecule has 0 bridgehead atoms. The monoisotopic (exact) mass is 415 g/mol. The van der Waals surface area contributed by atoms with Gasteiger partial charge in [-0.25, -0.2) is 4.98 Å². The minimum atomic E-state index is -0.512. The molecule has 1 aliphatic rings. The number of hydrogen-bond acceptors (Lipinski definition) is 5. The number of benzene rings is 2. The molecule has 2 N–H and O–H groups in total. The summed E-state index contributed by atoms with van der Waals surface area (Å²) in [6, 6.07) is 13.5. The number of hydrogen-bond donors (Lipinski definition) is 2. The topological polar surface area (TPSA) is 88.2 Å². The highest BCUT2D eigenvalue weighted by atomic mass is 16.3. The van der Waals surface area contributed by atoms with Crippen molar-refractivity contribution in [2.75, 3.05) is 0 Å². The third-order valence-corrected chi connectivity index (χ3v) is 6.37. The van der Waals surface area contributed by atoms with Crippen molar-refractivity contribution in [1.29, 1.82) is 0 Å². The Bertz CT molecular complexity index is 1300. The van der Waals surface area contributed by atoms with Crippen molar-refractivity contribution in [1.82, 2.24) is 14.5 Å². The number of pyridine rings is 1. The fourth-order valence-electron chi connectivity index (χ4n) is 4.72. The number of aliphatic hydroxyl groups is 2. The first kappa shape index (κ1) is 19.8. The normalized spacial score (nSPS) is 19.2. The number of rotatable bonds is 4. The number of aromatic nitrogens is 3. The zero-order chi connectivity index (χ0) is 21.4. The van der Waals surface area contributed by atoms with E-state index in [9.17, 15) is 15.0 Å². The fraction of sp³-hybridized carbons (Fsp3) is 0.320. The standard InChI is InChI=1S/C25H25N3O3/c29-14-18-10-9-16(13-26-18)11-17-12-21-24(20-6-2-1-5-19(17)20)27-15-28(25(21)31)22-7-3-4-8-23(22)30/h1-2,5-6,9-10,12-13,15,22-23,29-30H,3-4,7-8,11,14H2. The van der Waals surface area contributed by atoms with Crippen LogP contribution in [0.15, 0.2) is 59.8 Å². The van der Waals surface area contributed by atoms with Crippen LogP contribution in [0.25, 0.3) is 21.7 Å². The predicted octanol–water partition coefficient (Wildman–Crippen LogP) is 3.50. The Balaban J connectivity index is 1.67. The Morgan fingerprint density at radius 3 is 2.55 bits per heavy atom. The molecule has 6 heteroatoms. The molecule has 6 nitrogen and oxygen atoms in total. The molecule has 0 spiro atoms. The maximum atomic E-state index is 13.5. The van der Waals surface area contributed by atoms with E-state index in [1.807, 2.05) is 36.4 Å². The summed E-state index contributed by atoms with van der Waals surface area (Å²) < 4.78 is 1.63. The number of fused-ring (bicyclic) bond motifs is 3. The van der Waals surface area contributed by atoms with Gasteiger partial charge in [-0.15, -0.1) is 0 Å². The second-order valence-electron chi connectivity index (χ2n) is 8.35. The molecule has 5 rings (SSSR count). The summed E-state index contributed by atoms with van der Waals surface area (Å²) in [5.74, 6) is 0. The van der Waals surface area contributed by atoms with Gasteiger partial charge in [0.1, 0.15) is 0 Å². The molecule has 0 radical (unpaired) electrons. The van der Waals surface area contributed by atoms with Crippen LogP contribution in [0.1, 0.15) is 48.5 Å². The summed E-state index contributed by atoms with van der Waals surface area (Å²) in [6.45, 7) is -0.0859. The van der Waals surface area contributed by atoms with Gasteiger partial charge in [-0.2, -0.15) is 0 Å². The van der Waals surface area contributed by atoms with E-state index in [0.29, 0.717) is 23.0 Å². The Kier molecular flexibility index (Phi) is 5.26. The molecule has 4 aromatic rings. The SMILES string of the molecule is O=c1c2cc(Cc3ccc(CO)nc3)c3ccccc3c2ncn1C1CCCCC1O. The van der Waals surface area contributed by atoms with Gasteiger partial charge in [0.15, 0.2) is 0 Å².